The highest BCUT2D eigenvalue weighted by Gasteiger charge is 2.29. The van der Waals surface area contributed by atoms with E-state index in [9.17, 15) is 9.90 Å². The van der Waals surface area contributed by atoms with E-state index in [2.05, 4.69) is 9.97 Å². The molecule has 2 aromatic rings. The fraction of sp³-hybridized carbons (Fsp3) is 0.474. The van der Waals surface area contributed by atoms with Gasteiger partial charge in [-0.2, -0.15) is 0 Å². The van der Waals surface area contributed by atoms with Crippen LogP contribution < -0.4 is 4.74 Å². The van der Waals surface area contributed by atoms with Crippen LogP contribution in [0.15, 0.2) is 30.5 Å². The second kappa shape index (κ2) is 8.67. The van der Waals surface area contributed by atoms with Crippen molar-refractivity contribution < 1.29 is 14.6 Å². The Balaban J connectivity index is 2.18. The third-order valence-corrected chi connectivity index (χ3v) is 3.99. The van der Waals surface area contributed by atoms with Crippen molar-refractivity contribution in [2.45, 2.75) is 40.3 Å². The molecule has 0 bridgehead atoms. The Morgan fingerprint density at radius 2 is 2.04 bits per heavy atom. The summed E-state index contributed by atoms with van der Waals surface area (Å²) in [6, 6.07) is 7.65. The van der Waals surface area contributed by atoms with E-state index in [0.717, 1.165) is 17.1 Å². The summed E-state index contributed by atoms with van der Waals surface area (Å²) in [6.45, 7) is 8.23. The minimum absolute atomic E-state index is 0.00296. The van der Waals surface area contributed by atoms with Crippen molar-refractivity contribution in [3.8, 4) is 5.75 Å². The molecule has 2 N–H and O–H groups in total. The van der Waals surface area contributed by atoms with Gasteiger partial charge in [-0.25, -0.2) is 4.98 Å². The number of carbonyl (C=O) groups is 1. The monoisotopic (exact) mass is 345 g/mol. The summed E-state index contributed by atoms with van der Waals surface area (Å²) in [6.07, 6.45) is 1.09. The molecule has 25 heavy (non-hydrogen) atoms. The van der Waals surface area contributed by atoms with Gasteiger partial charge in [-0.05, 0) is 31.4 Å². The van der Waals surface area contributed by atoms with Crippen molar-refractivity contribution in [2.75, 3.05) is 13.2 Å². The Morgan fingerprint density at radius 1 is 1.32 bits per heavy atom. The van der Waals surface area contributed by atoms with Crippen LogP contribution in [0, 0.1) is 19.8 Å². The Labute approximate surface area is 148 Å². The first-order chi connectivity index (χ1) is 11.9. The molecule has 0 spiro atoms. The highest BCUT2D eigenvalue weighted by atomic mass is 16.5. The zero-order valence-corrected chi connectivity index (χ0v) is 15.3. The molecule has 2 rings (SSSR count). The summed E-state index contributed by atoms with van der Waals surface area (Å²) in [7, 11) is 0. The molecule has 136 valence electrons. The minimum atomic E-state index is -0.614. The van der Waals surface area contributed by atoms with E-state index in [4.69, 9.17) is 4.74 Å². The van der Waals surface area contributed by atoms with Crippen LogP contribution in [0.2, 0.25) is 0 Å². The molecule has 1 amide bonds. The lowest BCUT2D eigenvalue weighted by Crippen LogP contribution is -2.45. The summed E-state index contributed by atoms with van der Waals surface area (Å²) in [5.41, 5.74) is 1.82. The standard InChI is InChI=1S/C19H27N3O3/c1-13(2)18(25-17-8-6-5-7-14(17)3)19(24)22(9-10-23)12-16-11-20-15(4)21-16/h5-8,11,13,18,23H,9-10,12H2,1-4H3,(H,20,21). The Bertz CT molecular complexity index is 697. The maximum Gasteiger partial charge on any atom is 0.264 e. The molecule has 1 atom stereocenters. The van der Waals surface area contributed by atoms with Gasteiger partial charge in [-0.3, -0.25) is 4.79 Å². The number of aryl methyl sites for hydroxylation is 2. The Morgan fingerprint density at radius 3 is 2.60 bits per heavy atom. The number of aliphatic hydroxyl groups excluding tert-OH is 1. The first-order valence-corrected chi connectivity index (χ1v) is 8.54. The largest absolute Gasteiger partial charge is 0.480 e. The number of rotatable bonds is 8. The maximum absolute atomic E-state index is 13.1. The quantitative estimate of drug-likeness (QED) is 0.770. The van der Waals surface area contributed by atoms with Crippen LogP contribution in [0.25, 0.3) is 0 Å². The van der Waals surface area contributed by atoms with E-state index in [-0.39, 0.29) is 25.0 Å². The van der Waals surface area contributed by atoms with Crippen molar-refractivity contribution in [1.82, 2.24) is 14.9 Å². The smallest absolute Gasteiger partial charge is 0.264 e. The molecule has 0 saturated carbocycles. The lowest BCUT2D eigenvalue weighted by molar-refractivity contribution is -0.142. The second-order valence-electron chi connectivity index (χ2n) is 6.53. The first-order valence-electron chi connectivity index (χ1n) is 8.54. The topological polar surface area (TPSA) is 78.4 Å². The molecule has 0 saturated heterocycles. The number of nitrogens with zero attached hydrogens (tertiary/aromatic N) is 2. The van der Waals surface area contributed by atoms with Crippen LogP contribution in [0.5, 0.6) is 5.75 Å². The van der Waals surface area contributed by atoms with E-state index in [1.54, 1.807) is 11.1 Å². The number of ether oxygens (including phenoxy) is 1. The van der Waals surface area contributed by atoms with Crippen LogP contribution in [0.1, 0.15) is 30.9 Å². The average molecular weight is 345 g/mol. The predicted molar refractivity (Wildman–Crippen MR) is 96.3 cm³/mol. The van der Waals surface area contributed by atoms with Gasteiger partial charge >= 0.3 is 0 Å². The van der Waals surface area contributed by atoms with Gasteiger partial charge in [0.1, 0.15) is 11.6 Å². The number of para-hydroxylation sites is 1. The number of carbonyl (C=O) groups excluding carboxylic acids is 1. The van der Waals surface area contributed by atoms with E-state index in [1.807, 2.05) is 52.0 Å². The number of aromatic nitrogens is 2. The molecule has 1 aromatic carbocycles. The molecular formula is C19H27N3O3. The van der Waals surface area contributed by atoms with E-state index >= 15 is 0 Å². The fourth-order valence-electron chi connectivity index (χ4n) is 2.62. The zero-order valence-electron chi connectivity index (χ0n) is 15.3. The molecule has 1 unspecified atom stereocenters. The lowest BCUT2D eigenvalue weighted by Gasteiger charge is -2.29. The van der Waals surface area contributed by atoms with Gasteiger partial charge in [0.2, 0.25) is 0 Å². The van der Waals surface area contributed by atoms with E-state index in [0.29, 0.717) is 12.3 Å². The summed E-state index contributed by atoms with van der Waals surface area (Å²) in [5.74, 6) is 1.36. The maximum atomic E-state index is 13.1. The number of nitrogens with one attached hydrogen (secondary N) is 1. The molecule has 1 heterocycles. The van der Waals surface area contributed by atoms with Crippen molar-refractivity contribution in [3.63, 3.8) is 0 Å². The van der Waals surface area contributed by atoms with Crippen LogP contribution in [-0.4, -0.2) is 45.1 Å². The summed E-state index contributed by atoms with van der Waals surface area (Å²) in [5, 5.41) is 9.36. The van der Waals surface area contributed by atoms with Crippen LogP contribution >= 0.6 is 0 Å². The van der Waals surface area contributed by atoms with Crippen molar-refractivity contribution in [2.24, 2.45) is 5.92 Å². The third-order valence-electron chi connectivity index (χ3n) is 3.99. The second-order valence-corrected chi connectivity index (χ2v) is 6.53. The Kier molecular flexibility index (Phi) is 6.58. The highest BCUT2D eigenvalue weighted by molar-refractivity contribution is 5.81. The van der Waals surface area contributed by atoms with Crippen LogP contribution in [0.4, 0.5) is 0 Å². The molecule has 0 aliphatic carbocycles. The normalized spacial score (nSPS) is 12.2. The van der Waals surface area contributed by atoms with Crippen molar-refractivity contribution in [1.29, 1.82) is 0 Å². The number of hydrogen-bond donors (Lipinski definition) is 2. The summed E-state index contributed by atoms with van der Waals surface area (Å²) in [4.78, 5) is 21.9. The summed E-state index contributed by atoms with van der Waals surface area (Å²) < 4.78 is 6.04. The number of amides is 1. The molecule has 0 aliphatic rings. The number of benzene rings is 1. The number of hydrogen-bond acceptors (Lipinski definition) is 4. The van der Waals surface area contributed by atoms with Crippen molar-refractivity contribution >= 4 is 5.91 Å². The van der Waals surface area contributed by atoms with Gasteiger partial charge in [0.15, 0.2) is 6.10 Å². The van der Waals surface area contributed by atoms with Gasteiger partial charge < -0.3 is 19.7 Å². The highest BCUT2D eigenvalue weighted by Crippen LogP contribution is 2.22. The van der Waals surface area contributed by atoms with Gasteiger partial charge in [0.05, 0.1) is 25.0 Å². The number of aromatic amines is 1. The summed E-state index contributed by atoms with van der Waals surface area (Å²) >= 11 is 0. The molecule has 0 fully saturated rings. The first kappa shape index (κ1) is 19.0. The Hall–Kier alpha value is -2.34. The number of aliphatic hydroxyl groups is 1. The zero-order chi connectivity index (χ0) is 18.4. The number of imidazole rings is 1. The molecular weight excluding hydrogens is 318 g/mol. The van der Waals surface area contributed by atoms with Gasteiger partial charge in [-0.1, -0.05) is 32.0 Å². The fourth-order valence-corrected chi connectivity index (χ4v) is 2.62. The predicted octanol–water partition coefficient (Wildman–Crippen LogP) is 2.45. The van der Waals surface area contributed by atoms with E-state index < -0.39 is 6.10 Å². The van der Waals surface area contributed by atoms with Crippen molar-refractivity contribution in [3.05, 3.63) is 47.5 Å². The van der Waals surface area contributed by atoms with Gasteiger partial charge in [0.25, 0.3) is 5.91 Å². The average Bonchev–Trinajstić information content (AvgIpc) is 2.98. The molecule has 6 nitrogen and oxygen atoms in total. The number of H-pyrrole nitrogens is 1. The third kappa shape index (κ3) is 5.06. The molecule has 0 radical (unpaired) electrons. The molecule has 0 aliphatic heterocycles. The van der Waals surface area contributed by atoms with E-state index in [1.165, 1.54) is 0 Å². The molecule has 6 heteroatoms. The SMILES string of the molecule is Cc1ncc(CN(CCO)C(=O)C(Oc2ccccc2C)C(C)C)[nH]1. The van der Waals surface area contributed by atoms with Crippen LogP contribution in [-0.2, 0) is 11.3 Å². The van der Waals surface area contributed by atoms with Gasteiger partial charge in [-0.15, -0.1) is 0 Å². The lowest BCUT2D eigenvalue weighted by atomic mass is 10.1. The molecule has 1 aromatic heterocycles. The van der Waals surface area contributed by atoms with Crippen LogP contribution in [0.3, 0.4) is 0 Å². The van der Waals surface area contributed by atoms with Gasteiger partial charge in [0, 0.05) is 6.54 Å². The minimum Gasteiger partial charge on any atom is -0.480 e.